The van der Waals surface area contributed by atoms with E-state index < -0.39 is 29.7 Å². The Morgan fingerprint density at radius 1 is 0.657 bits per heavy atom. The van der Waals surface area contributed by atoms with Crippen LogP contribution in [-0.2, 0) is 53.1 Å². The van der Waals surface area contributed by atoms with Gasteiger partial charge in [0.2, 0.25) is 0 Å². The lowest BCUT2D eigenvalue weighted by atomic mass is 9.99. The molecule has 8 rings (SSSR count). The molecule has 0 saturated carbocycles. The third kappa shape index (κ3) is 12.4. The molecular formula is C52H47Cl2N5O8. The first-order valence-corrected chi connectivity index (χ1v) is 22.2. The number of carboxylic acid groups (broad SMARTS) is 1. The minimum Gasteiger partial charge on any atom is -0.478 e. The number of nitrogens with zero attached hydrogens (tertiary/aromatic N) is 4. The number of benzene rings is 4. The van der Waals surface area contributed by atoms with Crippen LogP contribution in [0.3, 0.4) is 0 Å². The van der Waals surface area contributed by atoms with Crippen LogP contribution in [0.2, 0.25) is 10.0 Å². The Hall–Kier alpha value is -7.22. The Balaban J connectivity index is 0.000000201. The normalized spacial score (nSPS) is 15.9. The number of hydrogen-bond acceptors (Lipinski definition) is 9. The van der Waals surface area contributed by atoms with E-state index >= 15 is 0 Å². The van der Waals surface area contributed by atoms with Gasteiger partial charge >= 0.3 is 12.1 Å². The number of ketones is 2. The fourth-order valence-electron chi connectivity index (χ4n) is 7.89. The van der Waals surface area contributed by atoms with E-state index in [9.17, 15) is 28.8 Å². The third-order valence-corrected chi connectivity index (χ3v) is 11.6. The summed E-state index contributed by atoms with van der Waals surface area (Å²) in [5, 5.41) is 12.8. The zero-order chi connectivity index (χ0) is 47.8. The maximum absolute atomic E-state index is 13.7. The summed E-state index contributed by atoms with van der Waals surface area (Å²) in [4.78, 5) is 88.9. The molecule has 15 heteroatoms. The van der Waals surface area contributed by atoms with Crippen molar-refractivity contribution in [3.8, 4) is 0 Å². The van der Waals surface area contributed by atoms with E-state index in [-0.39, 0.29) is 54.9 Å². The SMILES string of the molecule is CC(C)(C)OC(=O)Nc1ccc(CN2C(=O)c3ccc(Cl)cc3CC(=O)[C@H]2Cc2ccccn2)cc1.O=C(O)c1ccc(CN2C(=O)c3ccc(Cl)cc3CC(=O)[C@H]2Cc2ccccn2)cc1. The summed E-state index contributed by atoms with van der Waals surface area (Å²) in [6, 6.07) is 33.0. The van der Waals surface area contributed by atoms with Gasteiger partial charge in [0.25, 0.3) is 11.8 Å². The molecule has 0 unspecified atom stereocenters. The molecule has 2 atom stereocenters. The molecule has 67 heavy (non-hydrogen) atoms. The van der Waals surface area contributed by atoms with Gasteiger partial charge in [-0.1, -0.05) is 59.6 Å². The molecule has 0 saturated heterocycles. The van der Waals surface area contributed by atoms with Crippen LogP contribution in [0.15, 0.2) is 134 Å². The number of fused-ring (bicyclic) bond motifs is 2. The van der Waals surface area contributed by atoms with Crippen molar-refractivity contribution >= 4 is 64.3 Å². The number of carboxylic acids is 1. The predicted octanol–water partition coefficient (Wildman–Crippen LogP) is 9.27. The van der Waals surface area contributed by atoms with Crippen LogP contribution in [0.1, 0.15) is 85.5 Å². The van der Waals surface area contributed by atoms with Gasteiger partial charge in [-0.05, 0) is 128 Å². The monoisotopic (exact) mass is 939 g/mol. The summed E-state index contributed by atoms with van der Waals surface area (Å²) in [6.45, 7) is 5.77. The number of ether oxygens (including phenoxy) is 1. The van der Waals surface area contributed by atoms with Crippen LogP contribution in [-0.4, -0.2) is 78.0 Å². The van der Waals surface area contributed by atoms with E-state index in [1.54, 1.807) is 110 Å². The average Bonchev–Trinajstić information content (AvgIpc) is 3.44. The van der Waals surface area contributed by atoms with Gasteiger partial charge in [-0.25, -0.2) is 9.59 Å². The first-order valence-electron chi connectivity index (χ1n) is 21.5. The number of anilines is 1. The molecule has 0 bridgehead atoms. The topological polar surface area (TPSA) is 176 Å². The predicted molar refractivity (Wildman–Crippen MR) is 253 cm³/mol. The maximum atomic E-state index is 13.7. The molecule has 0 aliphatic carbocycles. The Labute approximate surface area is 397 Å². The van der Waals surface area contributed by atoms with Gasteiger partial charge in [0.05, 0.1) is 17.6 Å². The highest BCUT2D eigenvalue weighted by atomic mass is 35.5. The molecule has 13 nitrogen and oxygen atoms in total. The molecule has 342 valence electrons. The highest BCUT2D eigenvalue weighted by Gasteiger charge is 2.37. The summed E-state index contributed by atoms with van der Waals surface area (Å²) in [5.41, 5.74) is 5.26. The number of amides is 3. The van der Waals surface area contributed by atoms with Crippen molar-refractivity contribution in [1.29, 1.82) is 0 Å². The van der Waals surface area contributed by atoms with Crippen LogP contribution in [0, 0.1) is 0 Å². The standard InChI is InChI=1S/C28H28ClN3O4.C24H19ClN2O4/c1-28(2,3)36-27(35)31-21-10-7-18(8-11-21)17-32-24(16-22-6-4-5-13-30-22)25(33)15-19-14-20(29)9-12-23(19)26(32)34;25-18-8-9-20-17(11-18)12-22(28)21(13-19-3-1-2-10-26-19)27(23(20)29)14-15-4-6-16(7-5-15)24(30)31/h4-14,24H,15-17H2,1-3H3,(H,31,35);1-11,21H,12-14H2,(H,30,31)/t24-;21-/m11/s1. The summed E-state index contributed by atoms with van der Waals surface area (Å²) in [5.74, 6) is -1.68. The Morgan fingerprint density at radius 3 is 1.51 bits per heavy atom. The number of hydrogen-bond donors (Lipinski definition) is 2. The minimum absolute atomic E-state index is 0.0711. The van der Waals surface area contributed by atoms with E-state index in [1.807, 2.05) is 42.5 Å². The molecule has 2 aliphatic rings. The largest absolute Gasteiger partial charge is 0.478 e. The summed E-state index contributed by atoms with van der Waals surface area (Å²) >= 11 is 12.3. The Bertz CT molecular complexity index is 2800. The van der Waals surface area contributed by atoms with Crippen molar-refractivity contribution in [2.45, 2.75) is 77.2 Å². The van der Waals surface area contributed by atoms with Crippen molar-refractivity contribution in [2.24, 2.45) is 0 Å². The van der Waals surface area contributed by atoms with Crippen molar-refractivity contribution < 1.29 is 38.6 Å². The van der Waals surface area contributed by atoms with Crippen molar-refractivity contribution in [3.05, 3.63) is 194 Å². The number of aromatic carboxylic acids is 1. The lowest BCUT2D eigenvalue weighted by molar-refractivity contribution is -0.123. The van der Waals surface area contributed by atoms with Crippen LogP contribution in [0.25, 0.3) is 0 Å². The highest BCUT2D eigenvalue weighted by Crippen LogP contribution is 2.29. The fraction of sp³-hybridized carbons (Fsp3) is 0.231. The molecule has 2 aromatic heterocycles. The Kier molecular flexibility index (Phi) is 14.9. The highest BCUT2D eigenvalue weighted by molar-refractivity contribution is 6.31. The number of aromatic nitrogens is 2. The van der Waals surface area contributed by atoms with Gasteiger partial charge in [-0.2, -0.15) is 0 Å². The van der Waals surface area contributed by atoms with Gasteiger partial charge in [-0.15, -0.1) is 0 Å². The lowest BCUT2D eigenvalue weighted by Gasteiger charge is -2.29. The van der Waals surface area contributed by atoms with Gasteiger partial charge in [0.1, 0.15) is 5.60 Å². The Morgan fingerprint density at radius 2 is 1.10 bits per heavy atom. The minimum atomic E-state index is -1.02. The van der Waals surface area contributed by atoms with E-state index in [2.05, 4.69) is 15.3 Å². The van der Waals surface area contributed by atoms with E-state index in [0.29, 0.717) is 56.5 Å². The number of carbonyl (C=O) groups excluding carboxylic acids is 5. The molecule has 0 fully saturated rings. The van der Waals surface area contributed by atoms with Gasteiger partial charge < -0.3 is 19.6 Å². The summed E-state index contributed by atoms with van der Waals surface area (Å²) < 4.78 is 5.29. The number of rotatable bonds is 10. The first kappa shape index (κ1) is 47.7. The maximum Gasteiger partial charge on any atom is 0.412 e. The quantitative estimate of drug-likeness (QED) is 0.135. The van der Waals surface area contributed by atoms with E-state index in [1.165, 1.54) is 12.1 Å². The second-order valence-corrected chi connectivity index (χ2v) is 18.0. The molecule has 0 spiro atoms. The summed E-state index contributed by atoms with van der Waals surface area (Å²) in [6.07, 6.45) is 3.61. The van der Waals surface area contributed by atoms with Gasteiger partial charge in [-0.3, -0.25) is 34.5 Å². The number of Topliss-reactive ketones (excluding diaryl/α,β-unsaturated/α-hetero) is 2. The second kappa shape index (κ2) is 21.0. The fourth-order valence-corrected chi connectivity index (χ4v) is 8.28. The molecular weight excluding hydrogens is 894 g/mol. The molecule has 3 amide bonds. The molecule has 4 aromatic carbocycles. The molecule has 4 heterocycles. The number of pyridine rings is 2. The van der Waals surface area contributed by atoms with Crippen LogP contribution < -0.4 is 5.32 Å². The van der Waals surface area contributed by atoms with Gasteiger partial charge in [0, 0.05) is 89.4 Å². The van der Waals surface area contributed by atoms with Crippen LogP contribution >= 0.6 is 23.2 Å². The lowest BCUT2D eigenvalue weighted by Crippen LogP contribution is -2.44. The van der Waals surface area contributed by atoms with E-state index in [4.69, 9.17) is 33.0 Å². The van der Waals surface area contributed by atoms with Gasteiger partial charge in [0.15, 0.2) is 11.6 Å². The zero-order valence-electron chi connectivity index (χ0n) is 36.9. The first-order chi connectivity index (χ1) is 32.0. The third-order valence-electron chi connectivity index (χ3n) is 11.1. The molecule has 2 N–H and O–H groups in total. The van der Waals surface area contributed by atoms with Crippen molar-refractivity contribution in [3.63, 3.8) is 0 Å². The molecule has 2 aliphatic heterocycles. The van der Waals surface area contributed by atoms with Crippen LogP contribution in [0.5, 0.6) is 0 Å². The van der Waals surface area contributed by atoms with Crippen LogP contribution in [0.4, 0.5) is 10.5 Å². The summed E-state index contributed by atoms with van der Waals surface area (Å²) in [7, 11) is 0. The van der Waals surface area contributed by atoms with Crippen molar-refractivity contribution in [1.82, 2.24) is 19.8 Å². The van der Waals surface area contributed by atoms with Crippen molar-refractivity contribution in [2.75, 3.05) is 5.32 Å². The smallest absolute Gasteiger partial charge is 0.412 e. The zero-order valence-corrected chi connectivity index (χ0v) is 38.5. The molecule has 0 radical (unpaired) electrons. The molecule has 6 aromatic rings. The number of carbonyl (C=O) groups is 6. The number of halogens is 2. The second-order valence-electron chi connectivity index (χ2n) is 17.2. The average molecular weight is 941 g/mol. The number of nitrogens with one attached hydrogen (secondary N) is 1. The van der Waals surface area contributed by atoms with E-state index in [0.717, 1.165) is 16.8 Å².